The fraction of sp³-hybridized carbons (Fsp3) is 0.444. The largest absolute Gasteiger partial charge is 0.493 e. The van der Waals surface area contributed by atoms with Crippen molar-refractivity contribution in [2.75, 3.05) is 13.7 Å². The number of unbranched alkanes of at least 4 members (excludes halogenated alkanes) is 1. The maximum atomic E-state index is 13.6. The van der Waals surface area contributed by atoms with Gasteiger partial charge in [0, 0.05) is 11.7 Å². The third kappa shape index (κ3) is 5.81. The molecule has 2 fully saturated rings. The standard InChI is InChI=1S/C27H33N3O3S/c1-4-5-16-33-22-15-14-20(17-23(22)32-3)18-24-26(31)30(21-11-7-6-8-12-21)27(34-24)29-25-13-9-10-19(2)28-25/h9-10,13-15,17-18,21H,4-8,11-12,16H2,1-3H3/b24-18-,29-27+. The van der Waals surface area contributed by atoms with Gasteiger partial charge in [-0.25, -0.2) is 9.98 Å². The van der Waals surface area contributed by atoms with Gasteiger partial charge in [0.1, 0.15) is 0 Å². The minimum absolute atomic E-state index is 0.0190. The molecule has 1 saturated heterocycles. The molecule has 0 bridgehead atoms. The molecule has 2 aliphatic rings. The van der Waals surface area contributed by atoms with Crippen LogP contribution in [0.4, 0.5) is 5.82 Å². The zero-order chi connectivity index (χ0) is 23.9. The van der Waals surface area contributed by atoms with E-state index in [1.54, 1.807) is 7.11 Å². The normalized spacial score (nSPS) is 19.3. The van der Waals surface area contributed by atoms with Crippen LogP contribution in [0.2, 0.25) is 0 Å². The summed E-state index contributed by atoms with van der Waals surface area (Å²) in [6.07, 6.45) is 9.53. The van der Waals surface area contributed by atoms with Crippen LogP contribution in [0.3, 0.4) is 0 Å². The molecule has 6 nitrogen and oxygen atoms in total. The molecule has 1 aromatic carbocycles. The second-order valence-corrected chi connectivity index (χ2v) is 9.73. The first-order valence-corrected chi connectivity index (χ1v) is 13.0. The lowest BCUT2D eigenvalue weighted by atomic mass is 9.94. The van der Waals surface area contributed by atoms with Crippen LogP contribution in [0.5, 0.6) is 11.5 Å². The number of thioether (sulfide) groups is 1. The van der Waals surface area contributed by atoms with E-state index >= 15 is 0 Å². The van der Waals surface area contributed by atoms with Crippen molar-refractivity contribution in [3.63, 3.8) is 0 Å². The van der Waals surface area contributed by atoms with Crippen LogP contribution in [0, 0.1) is 6.92 Å². The highest BCUT2D eigenvalue weighted by Crippen LogP contribution is 2.39. The number of aryl methyl sites for hydroxylation is 1. The van der Waals surface area contributed by atoms with Crippen molar-refractivity contribution in [1.82, 2.24) is 9.88 Å². The van der Waals surface area contributed by atoms with Gasteiger partial charge >= 0.3 is 0 Å². The number of rotatable bonds is 8. The van der Waals surface area contributed by atoms with Crippen LogP contribution in [-0.4, -0.2) is 40.7 Å². The number of hydrogen-bond donors (Lipinski definition) is 0. The van der Waals surface area contributed by atoms with Crippen molar-refractivity contribution in [3.05, 3.63) is 52.6 Å². The number of carbonyl (C=O) groups excluding carboxylic acids is 1. The molecule has 1 amide bonds. The lowest BCUT2D eigenvalue weighted by molar-refractivity contribution is -0.124. The average Bonchev–Trinajstić information content (AvgIpc) is 3.14. The van der Waals surface area contributed by atoms with Crippen molar-refractivity contribution < 1.29 is 14.3 Å². The molecule has 180 valence electrons. The maximum Gasteiger partial charge on any atom is 0.267 e. The zero-order valence-electron chi connectivity index (χ0n) is 20.3. The fourth-order valence-corrected chi connectivity index (χ4v) is 5.33. The quantitative estimate of drug-likeness (QED) is 0.319. The molecular weight excluding hydrogens is 446 g/mol. The number of carbonyl (C=O) groups is 1. The second kappa shape index (κ2) is 11.6. The van der Waals surface area contributed by atoms with Crippen LogP contribution in [-0.2, 0) is 4.79 Å². The Kier molecular flexibility index (Phi) is 8.27. The molecule has 1 aliphatic heterocycles. The Labute approximate surface area is 206 Å². The Morgan fingerprint density at radius 2 is 2.00 bits per heavy atom. The van der Waals surface area contributed by atoms with Gasteiger partial charge in [0.15, 0.2) is 22.5 Å². The van der Waals surface area contributed by atoms with Gasteiger partial charge in [-0.15, -0.1) is 0 Å². The topological polar surface area (TPSA) is 64.0 Å². The molecule has 34 heavy (non-hydrogen) atoms. The second-order valence-electron chi connectivity index (χ2n) is 8.72. The highest BCUT2D eigenvalue weighted by Gasteiger charge is 2.38. The molecule has 1 saturated carbocycles. The summed E-state index contributed by atoms with van der Waals surface area (Å²) in [4.78, 5) is 25.4. The molecule has 0 spiro atoms. The van der Waals surface area contributed by atoms with E-state index in [9.17, 15) is 4.79 Å². The summed E-state index contributed by atoms with van der Waals surface area (Å²) < 4.78 is 11.4. The number of amidine groups is 1. The van der Waals surface area contributed by atoms with Crippen LogP contribution in [0.25, 0.3) is 6.08 Å². The molecule has 2 aromatic rings. The number of hydrogen-bond acceptors (Lipinski definition) is 6. The Morgan fingerprint density at radius 1 is 1.18 bits per heavy atom. The average molecular weight is 480 g/mol. The maximum absolute atomic E-state index is 13.6. The molecule has 7 heteroatoms. The van der Waals surface area contributed by atoms with Crippen molar-refractivity contribution in [2.45, 2.75) is 64.8 Å². The molecule has 0 atom stereocenters. The Hall–Kier alpha value is -2.80. The predicted octanol–water partition coefficient (Wildman–Crippen LogP) is 6.51. The van der Waals surface area contributed by atoms with E-state index in [0.29, 0.717) is 28.2 Å². The number of methoxy groups -OCH3 is 1. The third-order valence-corrected chi connectivity index (χ3v) is 7.08. The van der Waals surface area contributed by atoms with Crippen LogP contribution < -0.4 is 9.47 Å². The van der Waals surface area contributed by atoms with Gasteiger partial charge in [-0.3, -0.25) is 9.69 Å². The summed E-state index contributed by atoms with van der Waals surface area (Å²) in [6, 6.07) is 11.8. The van der Waals surface area contributed by atoms with E-state index < -0.39 is 0 Å². The Morgan fingerprint density at radius 3 is 2.74 bits per heavy atom. The minimum atomic E-state index is 0.0190. The summed E-state index contributed by atoms with van der Waals surface area (Å²) in [6.45, 7) is 4.74. The van der Waals surface area contributed by atoms with E-state index in [4.69, 9.17) is 14.5 Å². The van der Waals surface area contributed by atoms with E-state index in [1.807, 2.05) is 54.3 Å². The van der Waals surface area contributed by atoms with Crippen LogP contribution in [0.1, 0.15) is 63.1 Å². The molecule has 2 heterocycles. The molecule has 1 aliphatic carbocycles. The third-order valence-electron chi connectivity index (χ3n) is 6.10. The summed E-state index contributed by atoms with van der Waals surface area (Å²) >= 11 is 1.43. The molecule has 0 radical (unpaired) electrons. The van der Waals surface area contributed by atoms with Gasteiger partial charge in [0.05, 0.1) is 18.6 Å². The van der Waals surface area contributed by atoms with Gasteiger partial charge in [0.25, 0.3) is 5.91 Å². The fourth-order valence-electron chi connectivity index (χ4n) is 4.29. The summed E-state index contributed by atoms with van der Waals surface area (Å²) in [5.41, 5.74) is 1.80. The molecule has 0 N–H and O–H groups in total. The zero-order valence-corrected chi connectivity index (χ0v) is 21.1. The van der Waals surface area contributed by atoms with Gasteiger partial charge in [-0.2, -0.15) is 0 Å². The number of benzene rings is 1. The van der Waals surface area contributed by atoms with E-state index in [0.717, 1.165) is 55.5 Å². The lowest BCUT2D eigenvalue weighted by Gasteiger charge is -2.30. The Balaban J connectivity index is 1.63. The highest BCUT2D eigenvalue weighted by molar-refractivity contribution is 8.18. The van der Waals surface area contributed by atoms with Crippen molar-refractivity contribution >= 4 is 34.7 Å². The summed E-state index contributed by atoms with van der Waals surface area (Å²) in [7, 11) is 1.64. The van der Waals surface area contributed by atoms with Gasteiger partial charge in [-0.1, -0.05) is 44.7 Å². The molecule has 1 aromatic heterocycles. The van der Waals surface area contributed by atoms with E-state index in [-0.39, 0.29) is 11.9 Å². The van der Waals surface area contributed by atoms with Crippen LogP contribution in [0.15, 0.2) is 46.3 Å². The highest BCUT2D eigenvalue weighted by atomic mass is 32.2. The number of nitrogens with zero attached hydrogens (tertiary/aromatic N) is 3. The molecular formula is C27H33N3O3S. The van der Waals surface area contributed by atoms with Crippen molar-refractivity contribution in [1.29, 1.82) is 0 Å². The number of aromatic nitrogens is 1. The monoisotopic (exact) mass is 479 g/mol. The Bertz CT molecular complexity index is 1080. The van der Waals surface area contributed by atoms with Gasteiger partial charge < -0.3 is 9.47 Å². The van der Waals surface area contributed by atoms with E-state index in [2.05, 4.69) is 11.9 Å². The first-order valence-electron chi connectivity index (χ1n) is 12.2. The van der Waals surface area contributed by atoms with Crippen molar-refractivity contribution in [2.24, 2.45) is 4.99 Å². The number of amides is 1. The first-order chi connectivity index (χ1) is 16.6. The number of pyridine rings is 1. The van der Waals surface area contributed by atoms with Crippen LogP contribution >= 0.6 is 11.8 Å². The minimum Gasteiger partial charge on any atom is -0.493 e. The van der Waals surface area contributed by atoms with Crippen molar-refractivity contribution in [3.8, 4) is 11.5 Å². The number of aliphatic imine (C=N–C) groups is 1. The summed E-state index contributed by atoms with van der Waals surface area (Å²) in [5.74, 6) is 2.04. The lowest BCUT2D eigenvalue weighted by Crippen LogP contribution is -2.40. The predicted molar refractivity (Wildman–Crippen MR) is 139 cm³/mol. The van der Waals surface area contributed by atoms with E-state index in [1.165, 1.54) is 18.2 Å². The summed E-state index contributed by atoms with van der Waals surface area (Å²) in [5, 5.41) is 0.715. The smallest absolute Gasteiger partial charge is 0.267 e. The number of ether oxygens (including phenoxy) is 2. The van der Waals surface area contributed by atoms with Gasteiger partial charge in [-0.05, 0) is 73.9 Å². The van der Waals surface area contributed by atoms with Gasteiger partial charge in [0.2, 0.25) is 0 Å². The molecule has 4 rings (SSSR count). The SMILES string of the molecule is CCCCOc1ccc(/C=C2\S/C(=N/c3cccc(C)n3)N(C3CCCCC3)C2=O)cc1OC. The molecule has 0 unspecified atom stereocenters. The first kappa shape index (κ1) is 24.3.